The predicted molar refractivity (Wildman–Crippen MR) is 103 cm³/mol. The molecule has 0 radical (unpaired) electrons. The van der Waals surface area contributed by atoms with Crippen molar-refractivity contribution in [1.29, 1.82) is 0 Å². The van der Waals surface area contributed by atoms with Crippen LogP contribution < -0.4 is 4.74 Å². The Kier molecular flexibility index (Phi) is 8.41. The minimum atomic E-state index is -0.889. The van der Waals surface area contributed by atoms with E-state index in [0.29, 0.717) is 57.0 Å². The molecule has 0 aliphatic carbocycles. The first kappa shape index (κ1) is 21.8. The highest BCUT2D eigenvalue weighted by atomic mass is 16.5. The maximum atomic E-state index is 12.4. The zero-order chi connectivity index (χ0) is 20.5. The molecule has 1 amide bonds. The van der Waals surface area contributed by atoms with Crippen LogP contribution >= 0.6 is 0 Å². The number of carboxylic acids is 1. The fourth-order valence-electron chi connectivity index (χ4n) is 3.08. The maximum absolute atomic E-state index is 12.4. The second kappa shape index (κ2) is 10.8. The number of carbonyl (C=O) groups excluding carboxylic acids is 2. The van der Waals surface area contributed by atoms with Crippen molar-refractivity contribution in [2.45, 2.75) is 25.9 Å². The summed E-state index contributed by atoms with van der Waals surface area (Å²) in [7, 11) is 1.72. The lowest BCUT2D eigenvalue weighted by molar-refractivity contribution is -0.142. The van der Waals surface area contributed by atoms with E-state index in [1.165, 1.54) is 6.92 Å². The Hall–Kier alpha value is -2.45. The largest absolute Gasteiger partial charge is 0.494 e. The number of hydrogen-bond donors (Lipinski definition) is 1. The number of ketones is 1. The number of aliphatic carboxylic acids is 1. The van der Waals surface area contributed by atoms with Gasteiger partial charge in [-0.05, 0) is 32.5 Å². The molecule has 2 rings (SSSR count). The fraction of sp³-hybridized carbons (Fsp3) is 0.550. The summed E-state index contributed by atoms with van der Waals surface area (Å²) >= 11 is 0. The lowest BCUT2D eigenvalue weighted by Gasteiger charge is -2.34. The van der Waals surface area contributed by atoms with E-state index < -0.39 is 5.97 Å². The fourth-order valence-corrected chi connectivity index (χ4v) is 3.08. The number of benzene rings is 1. The molecule has 154 valence electrons. The number of ether oxygens (including phenoxy) is 2. The molecule has 0 saturated carbocycles. The number of carboxylic acid groups (broad SMARTS) is 1. The van der Waals surface area contributed by atoms with Crippen LogP contribution in [0.3, 0.4) is 0 Å². The van der Waals surface area contributed by atoms with E-state index in [-0.39, 0.29) is 24.3 Å². The Bertz CT molecular complexity index is 693. The van der Waals surface area contributed by atoms with E-state index in [4.69, 9.17) is 14.6 Å². The minimum absolute atomic E-state index is 0.0171. The lowest BCUT2D eigenvalue weighted by Crippen LogP contribution is -2.49. The zero-order valence-corrected chi connectivity index (χ0v) is 16.4. The second-order valence-electron chi connectivity index (χ2n) is 6.96. The van der Waals surface area contributed by atoms with Gasteiger partial charge in [-0.2, -0.15) is 0 Å². The van der Waals surface area contributed by atoms with Crippen LogP contribution in [0.25, 0.3) is 0 Å². The van der Waals surface area contributed by atoms with Gasteiger partial charge in [-0.1, -0.05) is 12.1 Å². The highest BCUT2D eigenvalue weighted by Crippen LogP contribution is 2.15. The molecule has 28 heavy (non-hydrogen) atoms. The van der Waals surface area contributed by atoms with Crippen molar-refractivity contribution in [2.75, 3.05) is 46.4 Å². The van der Waals surface area contributed by atoms with E-state index in [9.17, 15) is 14.4 Å². The molecule has 1 aliphatic rings. The van der Waals surface area contributed by atoms with Crippen molar-refractivity contribution >= 4 is 17.7 Å². The van der Waals surface area contributed by atoms with Gasteiger partial charge >= 0.3 is 5.97 Å². The number of rotatable bonds is 10. The number of amides is 1. The van der Waals surface area contributed by atoms with Crippen LogP contribution in [0.4, 0.5) is 0 Å². The number of morpholine rings is 1. The Morgan fingerprint density at radius 1 is 1.36 bits per heavy atom. The summed E-state index contributed by atoms with van der Waals surface area (Å²) in [6.45, 7) is 3.76. The van der Waals surface area contributed by atoms with Crippen LogP contribution in [0.15, 0.2) is 24.3 Å². The smallest absolute Gasteiger partial charge is 0.317 e. The summed E-state index contributed by atoms with van der Waals surface area (Å²) in [4.78, 5) is 38.0. The second-order valence-corrected chi connectivity index (χ2v) is 6.96. The van der Waals surface area contributed by atoms with Gasteiger partial charge < -0.3 is 19.5 Å². The SMILES string of the molecule is CC(=O)c1cccc(OCCCC(=O)N2CCOC(CN(C)CC(=O)O)C2)c1. The van der Waals surface area contributed by atoms with Gasteiger partial charge in [-0.15, -0.1) is 0 Å². The third-order valence-corrected chi connectivity index (χ3v) is 4.46. The van der Waals surface area contributed by atoms with Gasteiger partial charge in [0.2, 0.25) is 5.91 Å². The molecule has 1 N–H and O–H groups in total. The molecule has 1 aromatic rings. The summed E-state index contributed by atoms with van der Waals surface area (Å²) in [5, 5.41) is 8.82. The quantitative estimate of drug-likeness (QED) is 0.473. The molecule has 0 aromatic heterocycles. The van der Waals surface area contributed by atoms with E-state index in [2.05, 4.69) is 0 Å². The van der Waals surface area contributed by atoms with Crippen LogP contribution in [0.5, 0.6) is 5.75 Å². The van der Waals surface area contributed by atoms with Gasteiger partial charge in [-0.3, -0.25) is 19.3 Å². The molecule has 1 fully saturated rings. The van der Waals surface area contributed by atoms with Gasteiger partial charge in [0, 0.05) is 31.6 Å². The first-order valence-electron chi connectivity index (χ1n) is 9.38. The molecule has 1 unspecified atom stereocenters. The number of likely N-dealkylation sites (N-methyl/N-ethyl adjacent to an activating group) is 1. The van der Waals surface area contributed by atoms with E-state index in [1.807, 2.05) is 0 Å². The Labute approximate surface area is 165 Å². The van der Waals surface area contributed by atoms with Crippen molar-refractivity contribution < 1.29 is 29.0 Å². The van der Waals surface area contributed by atoms with Gasteiger partial charge in [0.1, 0.15) is 5.75 Å². The monoisotopic (exact) mass is 392 g/mol. The highest BCUT2D eigenvalue weighted by molar-refractivity contribution is 5.94. The molecule has 1 aliphatic heterocycles. The molecule has 1 aromatic carbocycles. The molecule has 0 spiro atoms. The molecular weight excluding hydrogens is 364 g/mol. The zero-order valence-electron chi connectivity index (χ0n) is 16.4. The first-order chi connectivity index (χ1) is 13.3. The van der Waals surface area contributed by atoms with Gasteiger partial charge in [0.05, 0.1) is 25.9 Å². The average Bonchev–Trinajstić information content (AvgIpc) is 2.64. The van der Waals surface area contributed by atoms with Crippen LogP contribution in [-0.2, 0) is 14.3 Å². The standard InChI is InChI=1S/C20H28N2O6/c1-15(23)16-5-3-6-17(11-16)27-9-4-7-19(24)22-8-10-28-18(13-22)12-21(2)14-20(25)26/h3,5-6,11,18H,4,7-10,12-14H2,1-2H3,(H,25,26). The van der Waals surface area contributed by atoms with Crippen molar-refractivity contribution in [3.63, 3.8) is 0 Å². The lowest BCUT2D eigenvalue weighted by atomic mass is 10.1. The summed E-state index contributed by atoms with van der Waals surface area (Å²) in [6.07, 6.45) is 0.751. The number of hydrogen-bond acceptors (Lipinski definition) is 6. The summed E-state index contributed by atoms with van der Waals surface area (Å²) in [5.41, 5.74) is 0.598. The first-order valence-corrected chi connectivity index (χ1v) is 9.38. The van der Waals surface area contributed by atoms with Crippen molar-refractivity contribution in [3.8, 4) is 5.75 Å². The van der Waals surface area contributed by atoms with Gasteiger partial charge in [-0.25, -0.2) is 0 Å². The van der Waals surface area contributed by atoms with Crippen LogP contribution in [0.1, 0.15) is 30.1 Å². The third kappa shape index (κ3) is 7.28. The highest BCUT2D eigenvalue weighted by Gasteiger charge is 2.25. The molecule has 8 nitrogen and oxygen atoms in total. The molecule has 1 heterocycles. The minimum Gasteiger partial charge on any atom is -0.494 e. The average molecular weight is 392 g/mol. The maximum Gasteiger partial charge on any atom is 0.317 e. The summed E-state index contributed by atoms with van der Waals surface area (Å²) < 4.78 is 11.3. The Morgan fingerprint density at radius 2 is 2.14 bits per heavy atom. The van der Waals surface area contributed by atoms with Crippen LogP contribution in [0, 0.1) is 0 Å². The van der Waals surface area contributed by atoms with E-state index >= 15 is 0 Å². The van der Waals surface area contributed by atoms with Crippen molar-refractivity contribution in [3.05, 3.63) is 29.8 Å². The van der Waals surface area contributed by atoms with Gasteiger partial charge in [0.15, 0.2) is 5.78 Å². The van der Waals surface area contributed by atoms with Crippen molar-refractivity contribution in [2.24, 2.45) is 0 Å². The topological polar surface area (TPSA) is 96.4 Å². The van der Waals surface area contributed by atoms with E-state index in [0.717, 1.165) is 0 Å². The third-order valence-electron chi connectivity index (χ3n) is 4.46. The van der Waals surface area contributed by atoms with Crippen LogP contribution in [-0.4, -0.2) is 85.1 Å². The van der Waals surface area contributed by atoms with Crippen molar-refractivity contribution in [1.82, 2.24) is 9.80 Å². The Morgan fingerprint density at radius 3 is 2.86 bits per heavy atom. The number of Topliss-reactive ketones (excluding diaryl/α,β-unsaturated/α-hetero) is 1. The van der Waals surface area contributed by atoms with Crippen LogP contribution in [0.2, 0.25) is 0 Å². The normalized spacial score (nSPS) is 16.8. The molecule has 0 bridgehead atoms. The summed E-state index contributed by atoms with van der Waals surface area (Å²) in [5.74, 6) is -0.250. The molecule has 1 atom stereocenters. The molecular formula is C20H28N2O6. The molecule has 8 heteroatoms. The Balaban J connectivity index is 1.71. The van der Waals surface area contributed by atoms with Gasteiger partial charge in [0.25, 0.3) is 0 Å². The number of carbonyl (C=O) groups is 3. The summed E-state index contributed by atoms with van der Waals surface area (Å²) in [6, 6.07) is 6.99. The predicted octanol–water partition coefficient (Wildman–Crippen LogP) is 1.29. The number of nitrogens with zero attached hydrogens (tertiary/aromatic N) is 2. The molecule has 1 saturated heterocycles. The van der Waals surface area contributed by atoms with E-state index in [1.54, 1.807) is 41.1 Å².